The molecule has 2 aliphatic heterocycles. The molecule has 0 N–H and O–H groups in total. The Morgan fingerprint density at radius 1 is 1.00 bits per heavy atom. The van der Waals surface area contributed by atoms with Gasteiger partial charge in [0, 0.05) is 30.1 Å². The van der Waals surface area contributed by atoms with Crippen molar-refractivity contribution in [3.63, 3.8) is 0 Å². The van der Waals surface area contributed by atoms with Gasteiger partial charge in [0.05, 0.1) is 5.56 Å². The molecule has 0 spiro atoms. The van der Waals surface area contributed by atoms with E-state index >= 15 is 0 Å². The molecular weight excluding hydrogens is 444 g/mol. The van der Waals surface area contributed by atoms with Crippen molar-refractivity contribution in [2.24, 2.45) is 0 Å². The fourth-order valence-electron chi connectivity index (χ4n) is 4.15. The van der Waals surface area contributed by atoms with Crippen LogP contribution in [-0.4, -0.2) is 33.4 Å². The second-order valence-corrected chi connectivity index (χ2v) is 10.0. The second kappa shape index (κ2) is 7.73. The third-order valence-corrected chi connectivity index (χ3v) is 6.32. The van der Waals surface area contributed by atoms with E-state index in [2.05, 4.69) is 41.1 Å². The molecule has 4 rings (SSSR count). The molecule has 0 saturated heterocycles. The highest BCUT2D eigenvalue weighted by molar-refractivity contribution is 9.10. The van der Waals surface area contributed by atoms with Gasteiger partial charge in [-0.25, -0.2) is 4.79 Å². The summed E-state index contributed by atoms with van der Waals surface area (Å²) in [5.41, 5.74) is 4.67. The summed E-state index contributed by atoms with van der Waals surface area (Å²) in [6.07, 6.45) is 0.528. The SMILES string of the molecule is C[C@@H]1Cc2ccccc2CN1C(=O)c1cc2c(cc1Br)CN(C(=O)OC(C)(C)C)C2. The van der Waals surface area contributed by atoms with Crippen molar-refractivity contribution in [3.05, 3.63) is 68.7 Å². The van der Waals surface area contributed by atoms with Gasteiger partial charge in [-0.15, -0.1) is 0 Å². The monoisotopic (exact) mass is 470 g/mol. The summed E-state index contributed by atoms with van der Waals surface area (Å²) in [4.78, 5) is 29.5. The van der Waals surface area contributed by atoms with Gasteiger partial charge in [-0.05, 0) is 84.4 Å². The van der Waals surface area contributed by atoms with Crippen LogP contribution in [0.3, 0.4) is 0 Å². The number of rotatable bonds is 1. The topological polar surface area (TPSA) is 49.9 Å². The van der Waals surface area contributed by atoms with E-state index in [0.717, 1.165) is 22.0 Å². The molecule has 30 heavy (non-hydrogen) atoms. The van der Waals surface area contributed by atoms with Crippen molar-refractivity contribution in [1.82, 2.24) is 9.80 Å². The lowest BCUT2D eigenvalue weighted by atomic mass is 9.94. The molecule has 1 atom stereocenters. The molecule has 2 heterocycles. The Labute approximate surface area is 186 Å². The molecule has 0 saturated carbocycles. The summed E-state index contributed by atoms with van der Waals surface area (Å²) in [6, 6.07) is 12.3. The molecule has 0 aliphatic carbocycles. The second-order valence-electron chi connectivity index (χ2n) is 9.19. The van der Waals surface area contributed by atoms with Crippen LogP contribution in [0.1, 0.15) is 60.3 Å². The minimum Gasteiger partial charge on any atom is -0.444 e. The van der Waals surface area contributed by atoms with E-state index in [-0.39, 0.29) is 18.0 Å². The number of carbonyl (C=O) groups excluding carboxylic acids is 2. The fraction of sp³-hybridized carbons (Fsp3) is 0.417. The largest absolute Gasteiger partial charge is 0.444 e. The van der Waals surface area contributed by atoms with E-state index in [9.17, 15) is 9.59 Å². The van der Waals surface area contributed by atoms with Gasteiger partial charge in [0.25, 0.3) is 5.91 Å². The predicted octanol–water partition coefficient (Wildman–Crippen LogP) is 5.29. The van der Waals surface area contributed by atoms with Crippen LogP contribution >= 0.6 is 15.9 Å². The standard InChI is InChI=1S/C24H27BrN2O3/c1-15-9-16-7-5-6-8-17(16)14-27(15)22(28)20-10-18-12-26(13-19(18)11-21(20)25)23(29)30-24(2,3)4/h5-8,10-11,15H,9,12-14H2,1-4H3/t15-/m1/s1. The number of nitrogens with zero attached hydrogens (tertiary/aromatic N) is 2. The van der Waals surface area contributed by atoms with E-state index in [1.165, 1.54) is 11.1 Å². The van der Waals surface area contributed by atoms with E-state index in [4.69, 9.17) is 4.74 Å². The molecule has 0 bridgehead atoms. The molecule has 0 aromatic heterocycles. The molecule has 5 nitrogen and oxygen atoms in total. The quantitative estimate of drug-likeness (QED) is 0.568. The normalized spacial score (nSPS) is 18.1. The third-order valence-electron chi connectivity index (χ3n) is 5.66. The predicted molar refractivity (Wildman–Crippen MR) is 119 cm³/mol. The first-order valence-electron chi connectivity index (χ1n) is 10.3. The van der Waals surface area contributed by atoms with Crippen LogP contribution in [0.5, 0.6) is 0 Å². The minimum absolute atomic E-state index is 0.0161. The van der Waals surface area contributed by atoms with E-state index in [1.54, 1.807) is 4.90 Å². The first kappa shape index (κ1) is 20.9. The summed E-state index contributed by atoms with van der Waals surface area (Å²) in [6.45, 7) is 9.24. The van der Waals surface area contributed by atoms with Gasteiger partial charge in [0.15, 0.2) is 0 Å². The van der Waals surface area contributed by atoms with Crippen molar-refractivity contribution in [2.45, 2.75) is 65.4 Å². The van der Waals surface area contributed by atoms with Crippen LogP contribution in [0.4, 0.5) is 4.79 Å². The van der Waals surface area contributed by atoms with Crippen molar-refractivity contribution < 1.29 is 14.3 Å². The van der Waals surface area contributed by atoms with E-state index < -0.39 is 5.60 Å². The maximum Gasteiger partial charge on any atom is 0.410 e. The van der Waals surface area contributed by atoms with Gasteiger partial charge in [-0.2, -0.15) is 0 Å². The molecule has 2 aliphatic rings. The highest BCUT2D eigenvalue weighted by Crippen LogP contribution is 2.32. The number of halogens is 1. The Hall–Kier alpha value is -2.34. The smallest absolute Gasteiger partial charge is 0.410 e. The average molecular weight is 471 g/mol. The van der Waals surface area contributed by atoms with E-state index in [0.29, 0.717) is 25.2 Å². The molecule has 158 valence electrons. The van der Waals surface area contributed by atoms with Crippen molar-refractivity contribution in [2.75, 3.05) is 0 Å². The zero-order valence-electron chi connectivity index (χ0n) is 17.9. The highest BCUT2D eigenvalue weighted by Gasteiger charge is 2.32. The summed E-state index contributed by atoms with van der Waals surface area (Å²) >= 11 is 3.59. The highest BCUT2D eigenvalue weighted by atomic mass is 79.9. The number of hydrogen-bond acceptors (Lipinski definition) is 3. The van der Waals surface area contributed by atoms with Crippen LogP contribution in [0.25, 0.3) is 0 Å². The summed E-state index contributed by atoms with van der Waals surface area (Å²) in [7, 11) is 0. The molecule has 0 fully saturated rings. The number of hydrogen-bond donors (Lipinski definition) is 0. The van der Waals surface area contributed by atoms with Gasteiger partial charge in [-0.3, -0.25) is 9.69 Å². The van der Waals surface area contributed by atoms with Gasteiger partial charge in [0.2, 0.25) is 0 Å². The Kier molecular flexibility index (Phi) is 5.39. The maximum absolute atomic E-state index is 13.4. The summed E-state index contributed by atoms with van der Waals surface area (Å²) in [5, 5.41) is 0. The lowest BCUT2D eigenvalue weighted by Gasteiger charge is -2.35. The molecular formula is C24H27BrN2O3. The molecule has 6 heteroatoms. The van der Waals surface area contributed by atoms with Crippen LogP contribution in [0.15, 0.2) is 40.9 Å². The Bertz CT molecular complexity index is 1010. The number of benzene rings is 2. The van der Waals surface area contributed by atoms with Gasteiger partial charge >= 0.3 is 6.09 Å². The first-order chi connectivity index (χ1) is 14.1. The van der Waals surface area contributed by atoms with Crippen LogP contribution in [0.2, 0.25) is 0 Å². The summed E-state index contributed by atoms with van der Waals surface area (Å²) in [5.74, 6) is 0.0161. The fourth-order valence-corrected chi connectivity index (χ4v) is 4.71. The number of carbonyl (C=O) groups is 2. The summed E-state index contributed by atoms with van der Waals surface area (Å²) < 4.78 is 6.27. The van der Waals surface area contributed by atoms with Gasteiger partial charge in [-0.1, -0.05) is 24.3 Å². The minimum atomic E-state index is -0.533. The molecule has 2 aromatic carbocycles. The van der Waals surface area contributed by atoms with Crippen molar-refractivity contribution >= 4 is 27.9 Å². The van der Waals surface area contributed by atoms with E-state index in [1.807, 2.05) is 43.9 Å². The number of fused-ring (bicyclic) bond motifs is 2. The molecule has 0 radical (unpaired) electrons. The van der Waals surface area contributed by atoms with Crippen LogP contribution in [0, 0.1) is 0 Å². The lowest BCUT2D eigenvalue weighted by molar-refractivity contribution is 0.0241. The molecule has 0 unspecified atom stereocenters. The number of ether oxygens (including phenoxy) is 1. The number of amides is 2. The maximum atomic E-state index is 13.4. The zero-order chi connectivity index (χ0) is 21.6. The van der Waals surface area contributed by atoms with Crippen molar-refractivity contribution in [3.8, 4) is 0 Å². The Balaban J connectivity index is 1.55. The molecule has 2 aromatic rings. The van der Waals surface area contributed by atoms with Crippen LogP contribution < -0.4 is 0 Å². The Morgan fingerprint density at radius 2 is 1.63 bits per heavy atom. The van der Waals surface area contributed by atoms with Gasteiger partial charge < -0.3 is 9.64 Å². The van der Waals surface area contributed by atoms with Gasteiger partial charge in [0.1, 0.15) is 5.60 Å². The average Bonchev–Trinajstić information content (AvgIpc) is 3.08. The third kappa shape index (κ3) is 4.10. The lowest BCUT2D eigenvalue weighted by Crippen LogP contribution is -2.42. The zero-order valence-corrected chi connectivity index (χ0v) is 19.5. The Morgan fingerprint density at radius 3 is 2.30 bits per heavy atom. The van der Waals surface area contributed by atoms with Crippen LogP contribution in [-0.2, 0) is 30.8 Å². The molecule has 2 amide bonds. The first-order valence-corrected chi connectivity index (χ1v) is 11.1. The van der Waals surface area contributed by atoms with Crippen molar-refractivity contribution in [1.29, 1.82) is 0 Å².